The molecule has 100 valence electrons. The van der Waals surface area contributed by atoms with E-state index in [4.69, 9.17) is 11.6 Å². The number of aliphatic hydroxyl groups is 1. The van der Waals surface area contributed by atoms with Gasteiger partial charge in [-0.15, -0.1) is 0 Å². The first-order valence-electron chi connectivity index (χ1n) is 6.59. The second-order valence-electron chi connectivity index (χ2n) is 5.73. The highest BCUT2D eigenvalue weighted by atomic mass is 79.9. The molecule has 1 N–H and O–H groups in total. The van der Waals surface area contributed by atoms with Crippen molar-refractivity contribution in [2.75, 3.05) is 0 Å². The highest BCUT2D eigenvalue weighted by Crippen LogP contribution is 2.43. The average Bonchev–Trinajstić information content (AvgIpc) is 2.29. The summed E-state index contributed by atoms with van der Waals surface area (Å²) >= 11 is 9.67. The Balaban J connectivity index is 2.24. The van der Waals surface area contributed by atoms with E-state index in [1.165, 1.54) is 12.8 Å². The zero-order valence-corrected chi connectivity index (χ0v) is 13.3. The summed E-state index contributed by atoms with van der Waals surface area (Å²) in [4.78, 5) is 0. The van der Waals surface area contributed by atoms with Crippen LogP contribution in [0, 0.1) is 11.8 Å². The molecule has 0 bridgehead atoms. The van der Waals surface area contributed by atoms with Crippen LogP contribution < -0.4 is 0 Å². The van der Waals surface area contributed by atoms with Crippen molar-refractivity contribution in [3.63, 3.8) is 0 Å². The number of rotatable bonds is 2. The zero-order valence-electron chi connectivity index (χ0n) is 10.9. The van der Waals surface area contributed by atoms with E-state index in [-0.39, 0.29) is 0 Å². The summed E-state index contributed by atoms with van der Waals surface area (Å²) in [5.74, 6) is 1.10. The predicted molar refractivity (Wildman–Crippen MR) is 79.8 cm³/mol. The summed E-state index contributed by atoms with van der Waals surface area (Å²) < 4.78 is 0.948. The summed E-state index contributed by atoms with van der Waals surface area (Å²) in [5.41, 5.74) is 0.0321. The molecule has 1 aromatic rings. The second-order valence-corrected chi connectivity index (χ2v) is 7.05. The van der Waals surface area contributed by atoms with Crippen molar-refractivity contribution < 1.29 is 5.11 Å². The Hall–Kier alpha value is -0.0500. The molecule has 0 amide bonds. The Morgan fingerprint density at radius 2 is 1.89 bits per heavy atom. The third-order valence-corrected chi connectivity index (χ3v) is 5.09. The van der Waals surface area contributed by atoms with Crippen LogP contribution in [0.2, 0.25) is 5.02 Å². The topological polar surface area (TPSA) is 20.2 Å². The van der Waals surface area contributed by atoms with Gasteiger partial charge in [0.05, 0.1) is 5.60 Å². The number of hydrogen-bond acceptors (Lipinski definition) is 1. The average molecular weight is 332 g/mol. The minimum Gasteiger partial charge on any atom is -0.385 e. The maximum Gasteiger partial charge on any atom is 0.0910 e. The van der Waals surface area contributed by atoms with Crippen molar-refractivity contribution in [1.29, 1.82) is 0 Å². The lowest BCUT2D eigenvalue weighted by Gasteiger charge is -2.38. The van der Waals surface area contributed by atoms with Crippen molar-refractivity contribution in [3.05, 3.63) is 33.3 Å². The molecule has 18 heavy (non-hydrogen) atoms. The third-order valence-electron chi connectivity index (χ3n) is 4.29. The zero-order chi connectivity index (χ0) is 13.3. The molecule has 0 heterocycles. The molecule has 1 nitrogen and oxygen atoms in total. The van der Waals surface area contributed by atoms with E-state index >= 15 is 0 Å². The fourth-order valence-corrected chi connectivity index (χ4v) is 3.81. The van der Waals surface area contributed by atoms with Crippen molar-refractivity contribution >= 4 is 27.5 Å². The molecular weight excluding hydrogens is 312 g/mol. The lowest BCUT2D eigenvalue weighted by molar-refractivity contribution is -0.0263. The molecule has 1 unspecified atom stereocenters. The van der Waals surface area contributed by atoms with Gasteiger partial charge in [-0.3, -0.25) is 0 Å². The molecule has 1 aliphatic carbocycles. The summed E-state index contributed by atoms with van der Waals surface area (Å²) in [6, 6.07) is 5.74. The van der Waals surface area contributed by atoms with Gasteiger partial charge in [-0.05, 0) is 43.7 Å². The van der Waals surface area contributed by atoms with E-state index in [9.17, 15) is 5.11 Å². The maximum absolute atomic E-state index is 10.9. The van der Waals surface area contributed by atoms with Gasteiger partial charge >= 0.3 is 0 Å². The lowest BCUT2D eigenvalue weighted by Crippen LogP contribution is -2.34. The van der Waals surface area contributed by atoms with E-state index < -0.39 is 5.60 Å². The Labute approximate surface area is 123 Å². The first kappa shape index (κ1) is 14.4. The van der Waals surface area contributed by atoms with Crippen LogP contribution in [0.3, 0.4) is 0 Å². The third kappa shape index (κ3) is 2.92. The molecule has 1 fully saturated rings. The van der Waals surface area contributed by atoms with Gasteiger partial charge in [0.25, 0.3) is 0 Å². The molecule has 0 spiro atoms. The minimum atomic E-state index is -0.822. The van der Waals surface area contributed by atoms with Crippen LogP contribution in [0.5, 0.6) is 0 Å². The van der Waals surface area contributed by atoms with Gasteiger partial charge in [0, 0.05) is 15.1 Å². The predicted octanol–water partition coefficient (Wildman–Crippen LogP) is 5.14. The van der Waals surface area contributed by atoms with E-state index in [0.717, 1.165) is 28.8 Å². The molecule has 2 rings (SSSR count). The van der Waals surface area contributed by atoms with Crippen LogP contribution in [0.25, 0.3) is 0 Å². The summed E-state index contributed by atoms with van der Waals surface area (Å²) in [5, 5.41) is 11.5. The number of benzene rings is 1. The highest BCUT2D eigenvalue weighted by Gasteiger charge is 2.36. The summed E-state index contributed by atoms with van der Waals surface area (Å²) in [6.07, 6.45) is 4.57. The number of hydrogen-bond donors (Lipinski definition) is 1. The molecule has 0 aliphatic heterocycles. The molecule has 0 radical (unpaired) electrons. The van der Waals surface area contributed by atoms with Crippen LogP contribution >= 0.6 is 27.5 Å². The normalized spacial score (nSPS) is 27.8. The lowest BCUT2D eigenvalue weighted by atomic mass is 9.72. The van der Waals surface area contributed by atoms with E-state index in [2.05, 4.69) is 22.9 Å². The van der Waals surface area contributed by atoms with Gasteiger partial charge in [-0.25, -0.2) is 0 Å². The molecule has 1 saturated carbocycles. The summed E-state index contributed by atoms with van der Waals surface area (Å²) in [7, 11) is 0. The first-order valence-corrected chi connectivity index (χ1v) is 7.76. The highest BCUT2D eigenvalue weighted by molar-refractivity contribution is 9.10. The maximum atomic E-state index is 10.9. The van der Waals surface area contributed by atoms with Gasteiger partial charge in [0.15, 0.2) is 0 Å². The Kier molecular flexibility index (Phi) is 4.40. The van der Waals surface area contributed by atoms with E-state index in [1.807, 2.05) is 25.1 Å². The van der Waals surface area contributed by atoms with Crippen LogP contribution in [-0.2, 0) is 5.60 Å². The van der Waals surface area contributed by atoms with Crippen LogP contribution in [0.15, 0.2) is 22.7 Å². The van der Waals surface area contributed by atoms with Crippen LogP contribution in [0.4, 0.5) is 0 Å². The molecule has 1 aliphatic rings. The second kappa shape index (κ2) is 5.52. The fourth-order valence-electron chi connectivity index (χ4n) is 2.94. The molecular formula is C15H20BrClO. The van der Waals surface area contributed by atoms with Crippen molar-refractivity contribution in [3.8, 4) is 0 Å². The van der Waals surface area contributed by atoms with Crippen molar-refractivity contribution in [2.24, 2.45) is 11.8 Å². The summed E-state index contributed by atoms with van der Waals surface area (Å²) in [6.45, 7) is 4.19. The van der Waals surface area contributed by atoms with Crippen molar-refractivity contribution in [2.45, 2.75) is 45.1 Å². The van der Waals surface area contributed by atoms with E-state index in [1.54, 1.807) is 0 Å². The fraction of sp³-hybridized carbons (Fsp3) is 0.600. The van der Waals surface area contributed by atoms with Crippen LogP contribution in [0.1, 0.15) is 45.1 Å². The van der Waals surface area contributed by atoms with Crippen LogP contribution in [-0.4, -0.2) is 5.11 Å². The largest absolute Gasteiger partial charge is 0.385 e. The molecule has 3 heteroatoms. The Bertz CT molecular complexity index is 423. The monoisotopic (exact) mass is 330 g/mol. The molecule has 1 aromatic carbocycles. The SMILES string of the molecule is CC1CCC(C(C)(O)c2ccc(Br)cc2Cl)CC1. The quantitative estimate of drug-likeness (QED) is 0.796. The molecule has 1 atom stereocenters. The standard InChI is InChI=1S/C15H20BrClO/c1-10-3-5-11(6-4-10)15(2,18)13-8-7-12(16)9-14(13)17/h7-11,18H,3-6H2,1-2H3. The van der Waals surface area contributed by atoms with Crippen molar-refractivity contribution in [1.82, 2.24) is 0 Å². The minimum absolute atomic E-state index is 0.312. The van der Waals surface area contributed by atoms with E-state index in [0.29, 0.717) is 10.9 Å². The van der Waals surface area contributed by atoms with Gasteiger partial charge in [0.1, 0.15) is 0 Å². The molecule has 0 saturated heterocycles. The van der Waals surface area contributed by atoms with Gasteiger partial charge in [0.2, 0.25) is 0 Å². The Morgan fingerprint density at radius 3 is 2.44 bits per heavy atom. The number of halogens is 2. The molecule has 0 aromatic heterocycles. The van der Waals surface area contributed by atoms with Gasteiger partial charge in [-0.1, -0.05) is 53.4 Å². The Morgan fingerprint density at radius 1 is 1.28 bits per heavy atom. The van der Waals surface area contributed by atoms with Gasteiger partial charge in [-0.2, -0.15) is 0 Å². The van der Waals surface area contributed by atoms with Gasteiger partial charge < -0.3 is 5.11 Å². The first-order chi connectivity index (χ1) is 8.41. The smallest absolute Gasteiger partial charge is 0.0910 e.